The van der Waals surface area contributed by atoms with Crippen LogP contribution in [0.4, 0.5) is 5.69 Å². The number of amides is 2. The average Bonchev–Trinajstić information content (AvgIpc) is 2.61. The first-order valence-corrected chi connectivity index (χ1v) is 9.38. The van der Waals surface area contributed by atoms with Gasteiger partial charge in [0, 0.05) is 38.4 Å². The second kappa shape index (κ2) is 9.44. The highest BCUT2D eigenvalue weighted by molar-refractivity contribution is 5.96. The van der Waals surface area contributed by atoms with Crippen molar-refractivity contribution in [2.45, 2.75) is 46.5 Å². The summed E-state index contributed by atoms with van der Waals surface area (Å²) in [5.74, 6) is -0.216. The van der Waals surface area contributed by atoms with Gasteiger partial charge in [-0.25, -0.2) is 0 Å². The first kappa shape index (κ1) is 19.3. The topological polar surface area (TPSA) is 52.7 Å². The van der Waals surface area contributed by atoms with Gasteiger partial charge < -0.3 is 15.1 Å². The highest BCUT2D eigenvalue weighted by atomic mass is 16.2. The molecule has 0 radical (unpaired) electrons. The summed E-state index contributed by atoms with van der Waals surface area (Å²) < 4.78 is 0. The van der Waals surface area contributed by atoms with Crippen LogP contribution in [0.2, 0.25) is 0 Å². The molecule has 0 aromatic heterocycles. The van der Waals surface area contributed by atoms with E-state index in [2.05, 4.69) is 49.2 Å². The molecule has 0 spiro atoms. The molecule has 1 N–H and O–H groups in total. The Morgan fingerprint density at radius 3 is 2.48 bits per heavy atom. The van der Waals surface area contributed by atoms with Crippen LogP contribution in [0.5, 0.6) is 0 Å². The normalized spacial score (nSPS) is 14.5. The van der Waals surface area contributed by atoms with Crippen LogP contribution in [-0.2, 0) is 9.59 Å². The SMILES string of the molecule is CCCCCNC(=O)CC(=O)N1CCN(c2cccc(C)c2C)CC1. The third kappa shape index (κ3) is 5.48. The van der Waals surface area contributed by atoms with Crippen molar-refractivity contribution in [3.05, 3.63) is 29.3 Å². The number of anilines is 1. The van der Waals surface area contributed by atoms with Gasteiger partial charge in [0.1, 0.15) is 6.42 Å². The zero-order valence-corrected chi connectivity index (χ0v) is 15.8. The lowest BCUT2D eigenvalue weighted by Crippen LogP contribution is -2.49. The van der Waals surface area contributed by atoms with Gasteiger partial charge in [-0.15, -0.1) is 0 Å². The summed E-state index contributed by atoms with van der Waals surface area (Å²) in [6, 6.07) is 6.35. The van der Waals surface area contributed by atoms with Gasteiger partial charge in [-0.05, 0) is 37.5 Å². The first-order chi connectivity index (χ1) is 12.0. The molecule has 0 bridgehead atoms. The molecule has 1 aromatic rings. The number of unbranched alkanes of at least 4 members (excludes halogenated alkanes) is 2. The van der Waals surface area contributed by atoms with Crippen molar-refractivity contribution in [2.75, 3.05) is 37.6 Å². The smallest absolute Gasteiger partial charge is 0.232 e. The van der Waals surface area contributed by atoms with Crippen molar-refractivity contribution in [2.24, 2.45) is 0 Å². The van der Waals surface area contributed by atoms with E-state index in [1.165, 1.54) is 16.8 Å². The third-order valence-electron chi connectivity index (χ3n) is 4.96. The summed E-state index contributed by atoms with van der Waals surface area (Å²) in [6.45, 7) is 10.0. The fourth-order valence-corrected chi connectivity index (χ4v) is 3.19. The van der Waals surface area contributed by atoms with E-state index in [0.717, 1.165) is 32.4 Å². The number of piperazine rings is 1. The van der Waals surface area contributed by atoms with E-state index < -0.39 is 0 Å². The van der Waals surface area contributed by atoms with Crippen LogP contribution in [0.1, 0.15) is 43.7 Å². The maximum absolute atomic E-state index is 12.3. The summed E-state index contributed by atoms with van der Waals surface area (Å²) in [5, 5.41) is 2.84. The minimum absolute atomic E-state index is 0.0321. The summed E-state index contributed by atoms with van der Waals surface area (Å²) in [6.07, 6.45) is 3.18. The first-order valence-electron chi connectivity index (χ1n) is 9.38. The molecule has 1 heterocycles. The van der Waals surface area contributed by atoms with Gasteiger partial charge in [0.15, 0.2) is 0 Å². The van der Waals surface area contributed by atoms with E-state index in [1.807, 2.05) is 4.90 Å². The Morgan fingerprint density at radius 2 is 1.80 bits per heavy atom. The van der Waals surface area contributed by atoms with Crippen molar-refractivity contribution in [3.8, 4) is 0 Å². The Kier molecular flexibility index (Phi) is 7.29. The molecule has 0 unspecified atom stereocenters. The number of rotatable bonds is 7. The molecule has 1 fully saturated rings. The van der Waals surface area contributed by atoms with Crippen LogP contribution in [0, 0.1) is 13.8 Å². The van der Waals surface area contributed by atoms with E-state index in [-0.39, 0.29) is 18.2 Å². The Balaban J connectivity index is 1.78. The van der Waals surface area contributed by atoms with Crippen LogP contribution in [-0.4, -0.2) is 49.4 Å². The molecule has 0 atom stereocenters. The molecule has 5 nitrogen and oxygen atoms in total. The molecule has 138 valence electrons. The van der Waals surface area contributed by atoms with Crippen LogP contribution in [0.3, 0.4) is 0 Å². The minimum atomic E-state index is -0.155. The number of carbonyl (C=O) groups excluding carboxylic acids is 2. The number of benzene rings is 1. The van der Waals surface area contributed by atoms with Gasteiger partial charge in [-0.3, -0.25) is 9.59 Å². The van der Waals surface area contributed by atoms with E-state index in [0.29, 0.717) is 19.6 Å². The van der Waals surface area contributed by atoms with E-state index in [1.54, 1.807) is 0 Å². The summed E-state index contributed by atoms with van der Waals surface area (Å²) in [7, 11) is 0. The fraction of sp³-hybridized carbons (Fsp3) is 0.600. The quantitative estimate of drug-likeness (QED) is 0.610. The van der Waals surface area contributed by atoms with Crippen molar-refractivity contribution < 1.29 is 9.59 Å². The van der Waals surface area contributed by atoms with Crippen LogP contribution in [0.25, 0.3) is 0 Å². The van der Waals surface area contributed by atoms with Gasteiger partial charge >= 0.3 is 0 Å². The summed E-state index contributed by atoms with van der Waals surface area (Å²) in [5.41, 5.74) is 3.84. The lowest BCUT2D eigenvalue weighted by molar-refractivity contribution is -0.136. The van der Waals surface area contributed by atoms with Gasteiger partial charge in [0.2, 0.25) is 11.8 Å². The molecular formula is C20H31N3O2. The minimum Gasteiger partial charge on any atom is -0.368 e. The highest BCUT2D eigenvalue weighted by Crippen LogP contribution is 2.23. The van der Waals surface area contributed by atoms with Gasteiger partial charge in [0.05, 0.1) is 0 Å². The molecule has 1 aromatic carbocycles. The Morgan fingerprint density at radius 1 is 1.08 bits per heavy atom. The molecule has 2 rings (SSSR count). The maximum Gasteiger partial charge on any atom is 0.232 e. The Bertz CT molecular complexity index is 593. The number of carbonyl (C=O) groups is 2. The molecule has 1 aliphatic heterocycles. The van der Waals surface area contributed by atoms with E-state index in [4.69, 9.17) is 0 Å². The molecule has 0 saturated carbocycles. The predicted molar refractivity (Wildman–Crippen MR) is 102 cm³/mol. The zero-order chi connectivity index (χ0) is 18.2. The number of nitrogens with one attached hydrogen (secondary N) is 1. The molecule has 25 heavy (non-hydrogen) atoms. The van der Waals surface area contributed by atoms with Crippen molar-refractivity contribution in [1.29, 1.82) is 0 Å². The molecule has 1 aliphatic rings. The number of nitrogens with zero attached hydrogens (tertiary/aromatic N) is 2. The van der Waals surface area contributed by atoms with Crippen molar-refractivity contribution in [3.63, 3.8) is 0 Å². The third-order valence-corrected chi connectivity index (χ3v) is 4.96. The molecule has 1 saturated heterocycles. The fourth-order valence-electron chi connectivity index (χ4n) is 3.19. The summed E-state index contributed by atoms with van der Waals surface area (Å²) >= 11 is 0. The van der Waals surface area contributed by atoms with Crippen LogP contribution in [0.15, 0.2) is 18.2 Å². The molecule has 5 heteroatoms. The maximum atomic E-state index is 12.3. The van der Waals surface area contributed by atoms with E-state index >= 15 is 0 Å². The molecule has 2 amide bonds. The van der Waals surface area contributed by atoms with Gasteiger partial charge in [-0.1, -0.05) is 31.9 Å². The van der Waals surface area contributed by atoms with Crippen molar-refractivity contribution in [1.82, 2.24) is 10.2 Å². The standard InChI is InChI=1S/C20H31N3O2/c1-4-5-6-10-21-19(24)15-20(25)23-13-11-22(12-14-23)18-9-7-8-16(2)17(18)3/h7-9H,4-6,10-15H2,1-3H3,(H,21,24). The van der Waals surface area contributed by atoms with Crippen LogP contribution >= 0.6 is 0 Å². The molecule has 0 aliphatic carbocycles. The average molecular weight is 345 g/mol. The van der Waals surface area contributed by atoms with Gasteiger partial charge in [-0.2, -0.15) is 0 Å². The second-order valence-corrected chi connectivity index (χ2v) is 6.82. The number of hydrogen-bond donors (Lipinski definition) is 1. The highest BCUT2D eigenvalue weighted by Gasteiger charge is 2.23. The Labute approximate surface area is 151 Å². The number of hydrogen-bond acceptors (Lipinski definition) is 3. The lowest BCUT2D eigenvalue weighted by Gasteiger charge is -2.37. The molecular weight excluding hydrogens is 314 g/mol. The number of aryl methyl sites for hydroxylation is 1. The monoisotopic (exact) mass is 345 g/mol. The van der Waals surface area contributed by atoms with E-state index in [9.17, 15) is 9.59 Å². The lowest BCUT2D eigenvalue weighted by atomic mass is 10.1. The van der Waals surface area contributed by atoms with Gasteiger partial charge in [0.25, 0.3) is 0 Å². The van der Waals surface area contributed by atoms with Crippen molar-refractivity contribution >= 4 is 17.5 Å². The largest absolute Gasteiger partial charge is 0.368 e. The second-order valence-electron chi connectivity index (χ2n) is 6.82. The zero-order valence-electron chi connectivity index (χ0n) is 15.8. The summed E-state index contributed by atoms with van der Waals surface area (Å²) in [4.78, 5) is 28.3. The van der Waals surface area contributed by atoms with Crippen LogP contribution < -0.4 is 10.2 Å². The Hall–Kier alpha value is -2.04. The predicted octanol–water partition coefficient (Wildman–Crippen LogP) is 2.65.